The van der Waals surface area contributed by atoms with Crippen LogP contribution >= 0.6 is 11.3 Å². The maximum Gasteiger partial charge on any atom is 0.159 e. The summed E-state index contributed by atoms with van der Waals surface area (Å²) in [7, 11) is 0. The summed E-state index contributed by atoms with van der Waals surface area (Å²) in [6.07, 6.45) is -0.286. The van der Waals surface area contributed by atoms with Crippen LogP contribution in [-0.2, 0) is 5.41 Å². The van der Waals surface area contributed by atoms with Gasteiger partial charge in [-0.15, -0.1) is 11.3 Å². The van der Waals surface area contributed by atoms with E-state index in [0.29, 0.717) is 0 Å². The van der Waals surface area contributed by atoms with Crippen molar-refractivity contribution < 1.29 is 0 Å². The van der Waals surface area contributed by atoms with E-state index in [4.69, 9.17) is 9.98 Å². The molecule has 2 heterocycles. The van der Waals surface area contributed by atoms with Gasteiger partial charge in [-0.05, 0) is 83.7 Å². The number of thiophene rings is 1. The number of nitrogens with one attached hydrogen (secondary N) is 1. The lowest BCUT2D eigenvalue weighted by Crippen LogP contribution is -2.33. The lowest BCUT2D eigenvalue weighted by molar-refractivity contribution is 0.675. The molecule has 9 aromatic carbocycles. The SMILES string of the molecule is c1ccc(C2=NC(c3ccc4c(c3)sc3ccccc34)NC(c3ccc(-c4cccc5c4-c4ccccc4C54c5cccc6ccc7cccc4c7c56)cc3)=N2)cc1. The van der Waals surface area contributed by atoms with Gasteiger partial charge in [0.15, 0.2) is 5.84 Å². The Morgan fingerprint density at radius 1 is 0.466 bits per heavy atom. The minimum Gasteiger partial charge on any atom is -0.344 e. The van der Waals surface area contributed by atoms with Crippen LogP contribution in [0.5, 0.6) is 0 Å². The Balaban J connectivity index is 0.927. The standard InChI is InChI=1S/C54H33N3S/c1-2-11-35(12-3-1)51-55-52(57-53(56-51)37-29-30-40-39-15-5-7-22-46(39)58-47(40)31-37)36-27-23-32(24-28-36)38-17-10-21-45-50(38)41-16-4-6-18-42(41)54(45)43-19-8-13-33-25-26-34-14-9-20-44(54)49(34)48(33)43/h1-31,53H,(H,55,56,57). The molecule has 13 rings (SSSR count). The Kier molecular flexibility index (Phi) is 6.59. The third-order valence-corrected chi connectivity index (χ3v) is 13.9. The summed E-state index contributed by atoms with van der Waals surface area (Å²) in [5.74, 6) is 1.54. The lowest BCUT2D eigenvalue weighted by atomic mass is 9.70. The van der Waals surface area contributed by atoms with Gasteiger partial charge in [0.1, 0.15) is 12.0 Å². The van der Waals surface area contributed by atoms with Gasteiger partial charge in [0.05, 0.1) is 5.41 Å². The summed E-state index contributed by atoms with van der Waals surface area (Å²) in [6.45, 7) is 0. The molecule has 3 nitrogen and oxygen atoms in total. The highest BCUT2D eigenvalue weighted by Crippen LogP contribution is 2.63. The highest BCUT2D eigenvalue weighted by Gasteiger charge is 2.51. The zero-order valence-corrected chi connectivity index (χ0v) is 32.1. The van der Waals surface area contributed by atoms with Crippen LogP contribution < -0.4 is 5.32 Å². The van der Waals surface area contributed by atoms with Crippen molar-refractivity contribution in [1.82, 2.24) is 5.32 Å². The van der Waals surface area contributed by atoms with E-state index in [0.717, 1.165) is 28.4 Å². The Hall–Kier alpha value is -7.14. The van der Waals surface area contributed by atoms with Crippen LogP contribution in [0.2, 0.25) is 0 Å². The molecule has 270 valence electrons. The summed E-state index contributed by atoms with van der Waals surface area (Å²) in [5, 5.41) is 11.7. The van der Waals surface area contributed by atoms with Gasteiger partial charge in [-0.1, -0.05) is 176 Å². The maximum atomic E-state index is 5.18. The summed E-state index contributed by atoms with van der Waals surface area (Å²) in [6, 6.07) is 69.0. The molecule has 0 fully saturated rings. The largest absolute Gasteiger partial charge is 0.344 e. The third kappa shape index (κ3) is 4.33. The molecule has 0 saturated heterocycles. The Labute approximate surface area is 339 Å². The first-order chi connectivity index (χ1) is 28.7. The van der Waals surface area contributed by atoms with Gasteiger partial charge in [0.2, 0.25) is 0 Å². The second-order valence-corrected chi connectivity index (χ2v) is 16.7. The van der Waals surface area contributed by atoms with Gasteiger partial charge in [-0.25, -0.2) is 9.98 Å². The van der Waals surface area contributed by atoms with E-state index >= 15 is 0 Å². The van der Waals surface area contributed by atoms with Crippen molar-refractivity contribution in [3.05, 3.63) is 227 Å². The van der Waals surface area contributed by atoms with Gasteiger partial charge < -0.3 is 5.32 Å². The molecule has 2 aliphatic carbocycles. The van der Waals surface area contributed by atoms with Crippen LogP contribution in [0.3, 0.4) is 0 Å². The van der Waals surface area contributed by atoms with Crippen molar-refractivity contribution in [2.75, 3.05) is 0 Å². The fourth-order valence-corrected chi connectivity index (χ4v) is 11.4. The molecule has 1 N–H and O–H groups in total. The van der Waals surface area contributed by atoms with Crippen molar-refractivity contribution >= 4 is 64.7 Å². The zero-order chi connectivity index (χ0) is 38.0. The van der Waals surface area contributed by atoms with Gasteiger partial charge in [0.25, 0.3) is 0 Å². The van der Waals surface area contributed by atoms with Gasteiger partial charge in [-0.3, -0.25) is 0 Å². The van der Waals surface area contributed by atoms with Gasteiger partial charge in [0, 0.05) is 31.3 Å². The molecule has 1 unspecified atom stereocenters. The molecule has 4 heteroatoms. The average molecular weight is 756 g/mol. The summed E-state index contributed by atoms with van der Waals surface area (Å²) >= 11 is 1.83. The number of amidine groups is 2. The molecule has 0 amide bonds. The summed E-state index contributed by atoms with van der Waals surface area (Å²) in [4.78, 5) is 10.3. The normalized spacial score (nSPS) is 15.9. The van der Waals surface area contributed by atoms with Crippen molar-refractivity contribution in [3.8, 4) is 22.3 Å². The molecular weight excluding hydrogens is 723 g/mol. The van der Waals surface area contributed by atoms with E-state index in [1.165, 1.54) is 86.2 Å². The Morgan fingerprint density at radius 2 is 1.10 bits per heavy atom. The molecule has 58 heavy (non-hydrogen) atoms. The molecule has 0 saturated carbocycles. The quantitative estimate of drug-likeness (QED) is 0.178. The first kappa shape index (κ1) is 32.0. The van der Waals surface area contributed by atoms with Crippen molar-refractivity contribution in [3.63, 3.8) is 0 Å². The van der Waals surface area contributed by atoms with Gasteiger partial charge in [-0.2, -0.15) is 0 Å². The third-order valence-electron chi connectivity index (χ3n) is 12.7. The molecule has 1 atom stereocenters. The van der Waals surface area contributed by atoms with Crippen LogP contribution in [0.25, 0.3) is 64.0 Å². The predicted molar refractivity (Wildman–Crippen MR) is 242 cm³/mol. The molecule has 1 spiro atoms. The topological polar surface area (TPSA) is 36.8 Å². The molecule has 10 aromatic rings. The number of hydrogen-bond acceptors (Lipinski definition) is 4. The molecule has 1 aromatic heterocycles. The maximum absolute atomic E-state index is 5.18. The number of nitrogens with zero attached hydrogens (tertiary/aromatic N) is 2. The molecule has 1 aliphatic heterocycles. The molecule has 0 radical (unpaired) electrons. The highest BCUT2D eigenvalue weighted by atomic mass is 32.1. The van der Waals surface area contributed by atoms with E-state index in [2.05, 4.69) is 175 Å². The molecule has 0 bridgehead atoms. The second kappa shape index (κ2) is 11.9. The number of rotatable bonds is 4. The van der Waals surface area contributed by atoms with E-state index in [9.17, 15) is 0 Å². The van der Waals surface area contributed by atoms with Crippen LogP contribution in [-0.4, -0.2) is 11.7 Å². The fourth-order valence-electron chi connectivity index (χ4n) is 10.3. The van der Waals surface area contributed by atoms with Crippen molar-refractivity contribution in [2.45, 2.75) is 11.6 Å². The van der Waals surface area contributed by atoms with Crippen LogP contribution in [0, 0.1) is 0 Å². The van der Waals surface area contributed by atoms with Crippen LogP contribution in [0.4, 0.5) is 0 Å². The van der Waals surface area contributed by atoms with Gasteiger partial charge >= 0.3 is 0 Å². The number of aliphatic imine (C=N–C) groups is 2. The molecule has 3 aliphatic rings. The number of benzene rings is 9. The zero-order valence-electron chi connectivity index (χ0n) is 31.3. The van der Waals surface area contributed by atoms with E-state index in [1.54, 1.807) is 0 Å². The monoisotopic (exact) mass is 755 g/mol. The second-order valence-electron chi connectivity index (χ2n) is 15.7. The fraction of sp³-hybridized carbons (Fsp3) is 0.0370. The minimum absolute atomic E-state index is 0.286. The summed E-state index contributed by atoms with van der Waals surface area (Å²) in [5.41, 5.74) is 13.3. The first-order valence-electron chi connectivity index (χ1n) is 19.9. The predicted octanol–water partition coefficient (Wildman–Crippen LogP) is 13.2. The van der Waals surface area contributed by atoms with Crippen LogP contribution in [0.15, 0.2) is 198 Å². The minimum atomic E-state index is -0.383. The molecular formula is C54H33N3S. The Bertz CT molecular complexity index is 3370. The highest BCUT2D eigenvalue weighted by molar-refractivity contribution is 7.25. The number of hydrogen-bond donors (Lipinski definition) is 1. The first-order valence-corrected chi connectivity index (χ1v) is 20.7. The van der Waals surface area contributed by atoms with Crippen molar-refractivity contribution in [1.29, 1.82) is 0 Å². The van der Waals surface area contributed by atoms with E-state index < -0.39 is 0 Å². The Morgan fingerprint density at radius 3 is 1.91 bits per heavy atom. The van der Waals surface area contributed by atoms with E-state index in [1.807, 2.05) is 29.5 Å². The number of fused-ring (bicyclic) bond motifs is 10. The van der Waals surface area contributed by atoms with E-state index in [-0.39, 0.29) is 11.6 Å². The van der Waals surface area contributed by atoms with Crippen LogP contribution in [0.1, 0.15) is 45.1 Å². The summed E-state index contributed by atoms with van der Waals surface area (Å²) < 4.78 is 2.56. The average Bonchev–Trinajstić information content (AvgIpc) is 3.93. The smallest absolute Gasteiger partial charge is 0.159 e. The van der Waals surface area contributed by atoms with Crippen molar-refractivity contribution in [2.24, 2.45) is 9.98 Å². The lowest BCUT2D eigenvalue weighted by Gasteiger charge is -2.31.